The molecule has 0 aliphatic heterocycles. The lowest BCUT2D eigenvalue weighted by Gasteiger charge is -2.25. The monoisotopic (exact) mass is 410 g/mol. The Balaban J connectivity index is 1.53. The van der Waals surface area contributed by atoms with Crippen LogP contribution in [0.4, 0.5) is 11.6 Å². The zero-order valence-corrected chi connectivity index (χ0v) is 17.4. The van der Waals surface area contributed by atoms with Gasteiger partial charge in [0.15, 0.2) is 11.6 Å². The number of rotatable bonds is 7. The maximum atomic E-state index is 4.86. The van der Waals surface area contributed by atoms with Crippen molar-refractivity contribution in [2.75, 3.05) is 10.2 Å². The molecule has 0 aromatic carbocycles. The molecule has 150 valence electrons. The summed E-state index contributed by atoms with van der Waals surface area (Å²) >= 11 is 1.71. The molecule has 0 atom stereocenters. The van der Waals surface area contributed by atoms with Gasteiger partial charge in [-0.15, -0.1) is 11.3 Å². The van der Waals surface area contributed by atoms with Gasteiger partial charge in [-0.2, -0.15) is 5.10 Å². The largest absolute Gasteiger partial charge is 0.362 e. The number of hydrogen-bond donors (Lipinski definition) is 1. The number of anilines is 2. The van der Waals surface area contributed by atoms with Crippen molar-refractivity contribution in [1.29, 1.82) is 0 Å². The molecule has 0 bridgehead atoms. The van der Waals surface area contributed by atoms with E-state index in [0.29, 0.717) is 29.7 Å². The fraction of sp³-hybridized carbons (Fsp3) is 0.421. The van der Waals surface area contributed by atoms with Crippen LogP contribution in [0.15, 0.2) is 22.1 Å². The maximum Gasteiger partial charge on any atom is 0.245 e. The summed E-state index contributed by atoms with van der Waals surface area (Å²) in [5, 5.41) is 17.9. The molecule has 9 nitrogen and oxygen atoms in total. The van der Waals surface area contributed by atoms with Crippen LogP contribution < -0.4 is 10.2 Å². The van der Waals surface area contributed by atoms with Crippen molar-refractivity contribution in [2.24, 2.45) is 7.05 Å². The van der Waals surface area contributed by atoms with E-state index in [1.165, 1.54) is 16.1 Å². The Labute approximate surface area is 171 Å². The van der Waals surface area contributed by atoms with E-state index in [-0.39, 0.29) is 0 Å². The highest BCUT2D eigenvalue weighted by Gasteiger charge is 2.33. The number of hydrogen-bond acceptors (Lipinski definition) is 9. The Morgan fingerprint density at radius 3 is 2.69 bits per heavy atom. The molecule has 1 N–H and O–H groups in total. The van der Waals surface area contributed by atoms with Crippen molar-refractivity contribution in [3.8, 4) is 0 Å². The molecular weight excluding hydrogens is 388 g/mol. The average Bonchev–Trinajstić information content (AvgIpc) is 3.12. The SMILES string of the molecule is Cc1nn(C)c(C)c1CN(c1nc2nonc2nc1NCc1cccs1)C1CC1. The molecule has 0 radical (unpaired) electrons. The van der Waals surface area contributed by atoms with Crippen molar-refractivity contribution < 1.29 is 4.63 Å². The smallest absolute Gasteiger partial charge is 0.245 e. The van der Waals surface area contributed by atoms with Crippen LogP contribution in [-0.4, -0.2) is 36.1 Å². The molecule has 4 aromatic rings. The van der Waals surface area contributed by atoms with Crippen LogP contribution in [0, 0.1) is 13.8 Å². The molecule has 0 saturated heterocycles. The van der Waals surface area contributed by atoms with Crippen LogP contribution in [0.3, 0.4) is 0 Å². The van der Waals surface area contributed by atoms with Crippen molar-refractivity contribution in [3.63, 3.8) is 0 Å². The summed E-state index contributed by atoms with van der Waals surface area (Å²) in [5.41, 5.74) is 4.27. The van der Waals surface area contributed by atoms with E-state index in [4.69, 9.17) is 9.61 Å². The quantitative estimate of drug-likeness (QED) is 0.496. The predicted octanol–water partition coefficient (Wildman–Crippen LogP) is 3.21. The first-order valence-corrected chi connectivity index (χ1v) is 10.5. The van der Waals surface area contributed by atoms with Crippen molar-refractivity contribution in [2.45, 2.75) is 45.8 Å². The Morgan fingerprint density at radius 2 is 2.03 bits per heavy atom. The predicted molar refractivity (Wildman–Crippen MR) is 111 cm³/mol. The van der Waals surface area contributed by atoms with Crippen LogP contribution in [0.5, 0.6) is 0 Å². The van der Waals surface area contributed by atoms with E-state index in [9.17, 15) is 0 Å². The first-order valence-electron chi connectivity index (χ1n) is 9.62. The van der Waals surface area contributed by atoms with E-state index in [0.717, 1.165) is 30.9 Å². The summed E-state index contributed by atoms with van der Waals surface area (Å²) < 4.78 is 6.79. The van der Waals surface area contributed by atoms with Gasteiger partial charge in [-0.05, 0) is 48.4 Å². The summed E-state index contributed by atoms with van der Waals surface area (Å²) in [6, 6.07) is 4.58. The Kier molecular flexibility index (Phi) is 4.42. The van der Waals surface area contributed by atoms with Gasteiger partial charge in [0.05, 0.1) is 12.2 Å². The lowest BCUT2D eigenvalue weighted by Crippen LogP contribution is -2.28. The fourth-order valence-corrected chi connectivity index (χ4v) is 4.16. The Hall–Kier alpha value is -3.01. The van der Waals surface area contributed by atoms with Gasteiger partial charge in [0.2, 0.25) is 11.3 Å². The van der Waals surface area contributed by atoms with Gasteiger partial charge in [0, 0.05) is 35.8 Å². The van der Waals surface area contributed by atoms with Gasteiger partial charge in [-0.25, -0.2) is 14.6 Å². The third-order valence-corrected chi connectivity index (χ3v) is 6.23. The van der Waals surface area contributed by atoms with Gasteiger partial charge in [0.1, 0.15) is 0 Å². The van der Waals surface area contributed by atoms with E-state index < -0.39 is 0 Å². The van der Waals surface area contributed by atoms with E-state index in [1.807, 2.05) is 17.8 Å². The standard InChI is InChI=1S/C19H22N8OS/c1-11-15(12(2)26(3)23-11)10-27(13-6-7-13)19-18(20-9-14-5-4-8-29-14)21-16-17(22-19)25-28-24-16/h4-5,8,13H,6-7,9-10H2,1-3H3,(H,20,21,24). The van der Waals surface area contributed by atoms with E-state index >= 15 is 0 Å². The minimum absolute atomic E-state index is 0.409. The fourth-order valence-electron chi connectivity index (χ4n) is 3.51. The zero-order valence-electron chi connectivity index (χ0n) is 16.6. The molecule has 1 saturated carbocycles. The lowest BCUT2D eigenvalue weighted by atomic mass is 10.2. The number of aromatic nitrogens is 6. The molecule has 0 amide bonds. The molecule has 5 rings (SSSR count). The van der Waals surface area contributed by atoms with Gasteiger partial charge in [-0.3, -0.25) is 4.68 Å². The number of nitrogens with one attached hydrogen (secondary N) is 1. The summed E-state index contributed by atoms with van der Waals surface area (Å²) in [5.74, 6) is 1.49. The molecular formula is C19H22N8OS. The highest BCUT2D eigenvalue weighted by molar-refractivity contribution is 7.09. The first-order chi connectivity index (χ1) is 14.1. The number of fused-ring (bicyclic) bond motifs is 1. The molecule has 4 heterocycles. The van der Waals surface area contributed by atoms with E-state index in [1.54, 1.807) is 11.3 Å². The van der Waals surface area contributed by atoms with Gasteiger partial charge >= 0.3 is 0 Å². The first kappa shape index (κ1) is 18.0. The minimum Gasteiger partial charge on any atom is -0.362 e. The normalized spacial score (nSPS) is 13.9. The summed E-state index contributed by atoms with van der Waals surface area (Å²) in [6.07, 6.45) is 2.28. The summed E-state index contributed by atoms with van der Waals surface area (Å²) in [7, 11) is 1.98. The minimum atomic E-state index is 0.409. The Bertz CT molecular complexity index is 1140. The second-order valence-corrected chi connectivity index (χ2v) is 8.40. The number of aryl methyl sites for hydroxylation is 2. The molecule has 4 aromatic heterocycles. The molecule has 0 spiro atoms. The number of thiophene rings is 1. The van der Waals surface area contributed by atoms with Gasteiger partial charge in [-0.1, -0.05) is 6.07 Å². The topological polar surface area (TPSA) is 97.8 Å². The highest BCUT2D eigenvalue weighted by atomic mass is 32.1. The molecule has 1 fully saturated rings. The number of nitrogens with zero attached hydrogens (tertiary/aromatic N) is 7. The summed E-state index contributed by atoms with van der Waals surface area (Å²) in [4.78, 5) is 13.0. The van der Waals surface area contributed by atoms with Crippen molar-refractivity contribution in [3.05, 3.63) is 39.3 Å². The molecule has 29 heavy (non-hydrogen) atoms. The summed E-state index contributed by atoms with van der Waals surface area (Å²) in [6.45, 7) is 5.57. The average molecular weight is 411 g/mol. The second kappa shape index (κ2) is 7.11. The molecule has 0 unspecified atom stereocenters. The van der Waals surface area contributed by atoms with Crippen LogP contribution in [-0.2, 0) is 20.1 Å². The molecule has 1 aliphatic carbocycles. The third-order valence-electron chi connectivity index (χ3n) is 5.35. The van der Waals surface area contributed by atoms with Crippen molar-refractivity contribution >= 4 is 34.3 Å². The van der Waals surface area contributed by atoms with Gasteiger partial charge in [0.25, 0.3) is 0 Å². The molecule has 10 heteroatoms. The van der Waals surface area contributed by atoms with Gasteiger partial charge < -0.3 is 10.2 Å². The third kappa shape index (κ3) is 3.44. The lowest BCUT2D eigenvalue weighted by molar-refractivity contribution is 0.314. The van der Waals surface area contributed by atoms with E-state index in [2.05, 4.69) is 55.9 Å². The van der Waals surface area contributed by atoms with Crippen LogP contribution in [0.2, 0.25) is 0 Å². The zero-order chi connectivity index (χ0) is 20.0. The Morgan fingerprint density at radius 1 is 1.24 bits per heavy atom. The van der Waals surface area contributed by atoms with Crippen molar-refractivity contribution in [1.82, 2.24) is 30.1 Å². The highest BCUT2D eigenvalue weighted by Crippen LogP contribution is 2.36. The van der Waals surface area contributed by atoms with Crippen LogP contribution in [0.25, 0.3) is 11.3 Å². The maximum absolute atomic E-state index is 4.86. The molecule has 1 aliphatic rings. The van der Waals surface area contributed by atoms with Crippen LogP contribution >= 0.6 is 11.3 Å². The van der Waals surface area contributed by atoms with Crippen LogP contribution in [0.1, 0.15) is 34.7 Å². The second-order valence-electron chi connectivity index (χ2n) is 7.37.